The van der Waals surface area contributed by atoms with Crippen molar-refractivity contribution in [3.63, 3.8) is 0 Å². The molecule has 2 atom stereocenters. The van der Waals surface area contributed by atoms with Crippen LogP contribution in [0.15, 0.2) is 36.7 Å². The van der Waals surface area contributed by atoms with Gasteiger partial charge >= 0.3 is 6.18 Å². The number of fused-ring (bicyclic) bond motifs is 1. The molecule has 6 nitrogen and oxygen atoms in total. The lowest BCUT2D eigenvalue weighted by atomic mass is 9.95. The smallest absolute Gasteiger partial charge is 0.374 e. The van der Waals surface area contributed by atoms with Gasteiger partial charge in [0.2, 0.25) is 11.5 Å². The molecule has 0 saturated carbocycles. The van der Waals surface area contributed by atoms with Crippen molar-refractivity contribution in [1.29, 1.82) is 0 Å². The van der Waals surface area contributed by atoms with Gasteiger partial charge in [-0.25, -0.2) is 4.98 Å². The molecule has 0 saturated heterocycles. The minimum atomic E-state index is -4.92. The van der Waals surface area contributed by atoms with E-state index in [1.165, 1.54) is 19.4 Å². The molecule has 3 rings (SSSR count). The van der Waals surface area contributed by atoms with Crippen LogP contribution in [0.5, 0.6) is 0 Å². The van der Waals surface area contributed by atoms with E-state index in [4.69, 9.17) is 0 Å². The predicted molar refractivity (Wildman–Crippen MR) is 91.6 cm³/mol. The third-order valence-electron chi connectivity index (χ3n) is 4.84. The number of halogens is 3. The Morgan fingerprint density at radius 2 is 2.07 bits per heavy atom. The molecule has 0 radical (unpaired) electrons. The average molecular weight is 382 g/mol. The highest BCUT2D eigenvalue weighted by Crippen LogP contribution is 2.40. The Morgan fingerprint density at radius 1 is 1.37 bits per heavy atom. The number of rotatable bonds is 5. The quantitative estimate of drug-likeness (QED) is 0.730. The normalized spacial score (nSPS) is 19.2. The molecule has 1 aromatic carbocycles. The van der Waals surface area contributed by atoms with E-state index in [1.54, 1.807) is 0 Å². The number of alkyl halides is 3. The Labute approximate surface area is 154 Å². The van der Waals surface area contributed by atoms with Crippen molar-refractivity contribution in [2.24, 2.45) is 7.05 Å². The number of hydrogen-bond acceptors (Lipinski definition) is 4. The summed E-state index contributed by atoms with van der Waals surface area (Å²) in [6.07, 6.45) is -2.66. The minimum absolute atomic E-state index is 0.332. The van der Waals surface area contributed by atoms with Gasteiger partial charge in [-0.15, -0.1) is 0 Å². The minimum Gasteiger partial charge on any atom is -0.374 e. The zero-order valence-electron chi connectivity index (χ0n) is 14.8. The first kappa shape index (κ1) is 19.4. The summed E-state index contributed by atoms with van der Waals surface area (Å²) < 4.78 is 41.5. The van der Waals surface area contributed by atoms with Gasteiger partial charge in [-0.3, -0.25) is 4.79 Å². The van der Waals surface area contributed by atoms with Gasteiger partial charge in [0, 0.05) is 39.0 Å². The summed E-state index contributed by atoms with van der Waals surface area (Å²) in [5, 5.41) is 15.8. The number of aromatic nitrogens is 2. The maximum Gasteiger partial charge on any atom is 0.424 e. The van der Waals surface area contributed by atoms with E-state index in [0.717, 1.165) is 15.7 Å². The summed E-state index contributed by atoms with van der Waals surface area (Å²) in [7, 11) is 1.38. The molecule has 146 valence electrons. The number of aryl methyl sites for hydroxylation is 1. The number of carbonyl (C=O) groups excluding carboxylic acids is 1. The third kappa shape index (κ3) is 3.84. The van der Waals surface area contributed by atoms with Crippen LogP contribution < -0.4 is 10.6 Å². The summed E-state index contributed by atoms with van der Waals surface area (Å²) in [6, 6.07) is 7.17. The fraction of sp³-hybridized carbons (Fsp3) is 0.444. The maximum absolute atomic E-state index is 13.5. The highest BCUT2D eigenvalue weighted by molar-refractivity contribution is 5.82. The molecule has 0 bridgehead atoms. The summed E-state index contributed by atoms with van der Waals surface area (Å²) in [6.45, 7) is 0.190. The fourth-order valence-corrected chi connectivity index (χ4v) is 3.27. The third-order valence-corrected chi connectivity index (χ3v) is 4.84. The Bertz CT molecular complexity index is 821. The zero-order valence-corrected chi connectivity index (χ0v) is 14.8. The molecule has 0 fully saturated rings. The first-order valence-electron chi connectivity index (χ1n) is 8.57. The first-order chi connectivity index (χ1) is 12.7. The number of benzene rings is 1. The number of carbonyl (C=O) groups is 1. The van der Waals surface area contributed by atoms with Gasteiger partial charge in [-0.05, 0) is 17.5 Å². The Morgan fingerprint density at radius 3 is 2.70 bits per heavy atom. The lowest BCUT2D eigenvalue weighted by molar-refractivity contribution is -0.272. The summed E-state index contributed by atoms with van der Waals surface area (Å²) >= 11 is 0. The number of hydrogen-bond donors (Lipinski definition) is 3. The molecule has 1 aromatic heterocycles. The highest BCUT2D eigenvalue weighted by Gasteiger charge is 2.57. The van der Waals surface area contributed by atoms with Crippen molar-refractivity contribution in [2.45, 2.75) is 37.2 Å². The number of nitrogens with zero attached hydrogens (tertiary/aromatic N) is 2. The van der Waals surface area contributed by atoms with Crippen LogP contribution in [0.3, 0.4) is 0 Å². The fourth-order valence-electron chi connectivity index (χ4n) is 3.27. The monoisotopic (exact) mass is 382 g/mol. The summed E-state index contributed by atoms with van der Waals surface area (Å²) in [5.74, 6) is -0.900. The first-order valence-corrected chi connectivity index (χ1v) is 8.57. The largest absolute Gasteiger partial charge is 0.424 e. The maximum atomic E-state index is 13.5. The van der Waals surface area contributed by atoms with Crippen LogP contribution in [0.25, 0.3) is 0 Å². The number of imidazole rings is 1. The van der Waals surface area contributed by atoms with Crippen LogP contribution >= 0.6 is 0 Å². The topological polar surface area (TPSA) is 79.2 Å². The number of aliphatic hydroxyl groups is 1. The molecule has 27 heavy (non-hydrogen) atoms. The van der Waals surface area contributed by atoms with Crippen LogP contribution in [0, 0.1) is 0 Å². The predicted octanol–water partition coefficient (Wildman–Crippen LogP) is 1.39. The standard InChI is InChI=1S/C18H21F3N4O2/c1-25-9-8-23-16(25)17(27,18(19,20)21)6-7-22-15(26)14-10-12-4-2-3-5-13(12)11-24-14/h2-5,8-9,14,24,27H,6-7,10-11H2,1H3,(H,22,26)/t14-,17+/m1/s1. The highest BCUT2D eigenvalue weighted by atomic mass is 19.4. The second kappa shape index (κ2) is 7.32. The number of amides is 1. The molecule has 1 amide bonds. The molecule has 1 aliphatic heterocycles. The second-order valence-electron chi connectivity index (χ2n) is 6.67. The van der Waals surface area contributed by atoms with E-state index in [9.17, 15) is 23.1 Å². The van der Waals surface area contributed by atoms with Crippen LogP contribution in [-0.4, -0.2) is 39.3 Å². The summed E-state index contributed by atoms with van der Waals surface area (Å²) in [4.78, 5) is 16.0. The van der Waals surface area contributed by atoms with Crippen molar-refractivity contribution in [3.05, 3.63) is 53.6 Å². The molecule has 9 heteroatoms. The molecule has 1 aliphatic rings. The van der Waals surface area contributed by atoms with Crippen LogP contribution in [0.4, 0.5) is 13.2 Å². The molecule has 2 heterocycles. The van der Waals surface area contributed by atoms with Crippen molar-refractivity contribution in [1.82, 2.24) is 20.2 Å². The van der Waals surface area contributed by atoms with Crippen molar-refractivity contribution >= 4 is 5.91 Å². The molecule has 0 unspecified atom stereocenters. The van der Waals surface area contributed by atoms with Gasteiger partial charge in [-0.2, -0.15) is 13.2 Å². The van der Waals surface area contributed by atoms with Crippen LogP contribution in [0.2, 0.25) is 0 Å². The van der Waals surface area contributed by atoms with E-state index in [-0.39, 0.29) is 6.54 Å². The van der Waals surface area contributed by atoms with E-state index in [2.05, 4.69) is 15.6 Å². The van der Waals surface area contributed by atoms with Gasteiger partial charge in [0.05, 0.1) is 6.04 Å². The summed E-state index contributed by atoms with van der Waals surface area (Å²) in [5.41, 5.74) is -0.996. The lowest BCUT2D eigenvalue weighted by Crippen LogP contribution is -2.50. The van der Waals surface area contributed by atoms with Gasteiger partial charge in [-0.1, -0.05) is 24.3 Å². The van der Waals surface area contributed by atoms with Crippen LogP contribution in [-0.2, 0) is 30.4 Å². The SMILES string of the molecule is Cn1ccnc1[C@@](O)(CCNC(=O)[C@H]1Cc2ccccc2CN1)C(F)(F)F. The van der Waals surface area contributed by atoms with Gasteiger partial charge in [0.1, 0.15) is 5.82 Å². The Hall–Kier alpha value is -2.39. The van der Waals surface area contributed by atoms with E-state index in [0.29, 0.717) is 13.0 Å². The van der Waals surface area contributed by atoms with Gasteiger partial charge in [0.15, 0.2) is 0 Å². The average Bonchev–Trinajstić information content (AvgIpc) is 3.06. The molecule has 2 aromatic rings. The molecule has 0 aliphatic carbocycles. The van der Waals surface area contributed by atoms with Gasteiger partial charge < -0.3 is 20.3 Å². The van der Waals surface area contributed by atoms with Gasteiger partial charge in [0.25, 0.3) is 0 Å². The number of nitrogens with one attached hydrogen (secondary N) is 2. The van der Waals surface area contributed by atoms with E-state index in [1.807, 2.05) is 24.3 Å². The molecular formula is C18H21F3N4O2. The van der Waals surface area contributed by atoms with Crippen molar-refractivity contribution in [2.75, 3.05) is 6.54 Å². The molecule has 0 spiro atoms. The Balaban J connectivity index is 1.63. The Kier molecular flexibility index (Phi) is 5.25. The molecular weight excluding hydrogens is 361 g/mol. The van der Waals surface area contributed by atoms with E-state index >= 15 is 0 Å². The lowest BCUT2D eigenvalue weighted by Gasteiger charge is -2.30. The molecule has 3 N–H and O–H groups in total. The van der Waals surface area contributed by atoms with Crippen molar-refractivity contribution < 1.29 is 23.1 Å². The zero-order chi connectivity index (χ0) is 19.7. The second-order valence-corrected chi connectivity index (χ2v) is 6.67. The van der Waals surface area contributed by atoms with Crippen LogP contribution in [0.1, 0.15) is 23.4 Å². The van der Waals surface area contributed by atoms with Crippen molar-refractivity contribution in [3.8, 4) is 0 Å². The van der Waals surface area contributed by atoms with E-state index < -0.39 is 36.0 Å².